The number of carbonyl (C=O) groups excluding carboxylic acids is 1. The van der Waals surface area contributed by atoms with Gasteiger partial charge < -0.3 is 0 Å². The number of rotatable bonds is 2. The average Bonchev–Trinajstić information content (AvgIpc) is 2.14. The highest BCUT2D eigenvalue weighted by Gasteiger charge is 2.35. The maximum Gasteiger partial charge on any atom is 0.417 e. The molecule has 0 aliphatic rings. The van der Waals surface area contributed by atoms with Crippen LogP contribution in [0.2, 0.25) is 0 Å². The van der Waals surface area contributed by atoms with Crippen LogP contribution in [-0.4, -0.2) is 10.6 Å². The fourth-order valence-electron chi connectivity index (χ4n) is 1.18. The van der Waals surface area contributed by atoms with Crippen LogP contribution in [0.4, 0.5) is 17.6 Å². The average molecular weight is 299 g/mol. The lowest BCUT2D eigenvalue weighted by Gasteiger charge is -2.12. The summed E-state index contributed by atoms with van der Waals surface area (Å²) in [5, 5.41) is 0. The summed E-state index contributed by atoms with van der Waals surface area (Å²) >= 11 is 2.86. The monoisotopic (exact) mass is 298 g/mol. The van der Waals surface area contributed by atoms with Gasteiger partial charge in [-0.05, 0) is 25.1 Å². The summed E-state index contributed by atoms with van der Waals surface area (Å²) in [5.74, 6) is -1.67. The van der Waals surface area contributed by atoms with Crippen molar-refractivity contribution in [3.05, 3.63) is 35.1 Å². The van der Waals surface area contributed by atoms with E-state index in [2.05, 4.69) is 15.9 Å². The fraction of sp³-hybridized carbons (Fsp3) is 0.300. The minimum atomic E-state index is -4.67. The van der Waals surface area contributed by atoms with Crippen molar-refractivity contribution in [2.75, 3.05) is 0 Å². The molecule has 1 atom stereocenters. The second-order valence-electron chi connectivity index (χ2n) is 3.17. The second-order valence-corrected chi connectivity index (χ2v) is 4.54. The standard InChI is InChI=1S/C10H7BrF4O/c1-5(11)9(16)7-4-6(12)2-3-8(7)10(13,14)15/h2-5H,1H3. The van der Waals surface area contributed by atoms with Crippen LogP contribution in [0, 0.1) is 5.82 Å². The Kier molecular flexibility index (Phi) is 3.72. The molecule has 1 aromatic carbocycles. The summed E-state index contributed by atoms with van der Waals surface area (Å²) in [7, 11) is 0. The summed E-state index contributed by atoms with van der Waals surface area (Å²) in [6, 6.07) is 1.85. The maximum atomic E-state index is 12.8. The molecule has 1 unspecified atom stereocenters. The Morgan fingerprint density at radius 2 is 1.94 bits per heavy atom. The van der Waals surface area contributed by atoms with E-state index in [1.807, 2.05) is 0 Å². The first-order valence-electron chi connectivity index (χ1n) is 4.28. The lowest BCUT2D eigenvalue weighted by molar-refractivity contribution is -0.137. The van der Waals surface area contributed by atoms with Crippen LogP contribution in [-0.2, 0) is 6.18 Å². The molecule has 0 fully saturated rings. The molecule has 0 saturated carbocycles. The molecule has 0 bridgehead atoms. The zero-order valence-electron chi connectivity index (χ0n) is 8.11. The maximum absolute atomic E-state index is 12.8. The number of hydrogen-bond donors (Lipinski definition) is 0. The predicted molar refractivity (Wildman–Crippen MR) is 54.1 cm³/mol. The largest absolute Gasteiger partial charge is 0.417 e. The Balaban J connectivity index is 3.35. The summed E-state index contributed by atoms with van der Waals surface area (Å²) in [4.78, 5) is 10.7. The van der Waals surface area contributed by atoms with Crippen molar-refractivity contribution >= 4 is 21.7 Å². The lowest BCUT2D eigenvalue weighted by Crippen LogP contribution is -2.18. The molecule has 6 heteroatoms. The van der Waals surface area contributed by atoms with Crippen molar-refractivity contribution in [2.45, 2.75) is 17.9 Å². The van der Waals surface area contributed by atoms with Crippen LogP contribution in [0.5, 0.6) is 0 Å². The van der Waals surface area contributed by atoms with Crippen molar-refractivity contribution in [1.29, 1.82) is 0 Å². The number of Topliss-reactive ketones (excluding diaryl/α,β-unsaturated/α-hetero) is 1. The van der Waals surface area contributed by atoms with Gasteiger partial charge in [-0.1, -0.05) is 15.9 Å². The molecular weight excluding hydrogens is 292 g/mol. The molecule has 1 rings (SSSR count). The van der Waals surface area contributed by atoms with E-state index in [0.29, 0.717) is 18.2 Å². The molecule has 1 nitrogen and oxygen atoms in total. The molecule has 0 saturated heterocycles. The lowest BCUT2D eigenvalue weighted by atomic mass is 10.0. The quantitative estimate of drug-likeness (QED) is 0.461. The van der Waals surface area contributed by atoms with Gasteiger partial charge in [-0.15, -0.1) is 0 Å². The van der Waals surface area contributed by atoms with Crippen molar-refractivity contribution in [1.82, 2.24) is 0 Å². The minimum absolute atomic E-state index is 0.567. The van der Waals surface area contributed by atoms with Crippen LogP contribution >= 0.6 is 15.9 Å². The Labute approximate surface area is 97.6 Å². The van der Waals surface area contributed by atoms with Gasteiger partial charge in [-0.3, -0.25) is 4.79 Å². The van der Waals surface area contributed by atoms with Gasteiger partial charge in [0.2, 0.25) is 0 Å². The van der Waals surface area contributed by atoms with Gasteiger partial charge in [0.1, 0.15) is 5.82 Å². The molecular formula is C10H7BrF4O. The zero-order chi connectivity index (χ0) is 12.5. The van der Waals surface area contributed by atoms with E-state index in [1.54, 1.807) is 0 Å². The first-order chi connectivity index (χ1) is 7.23. The molecule has 0 radical (unpaired) electrons. The molecule has 0 aromatic heterocycles. The first-order valence-corrected chi connectivity index (χ1v) is 5.20. The SMILES string of the molecule is CC(Br)C(=O)c1cc(F)ccc1C(F)(F)F. The molecule has 1 aromatic rings. The normalized spacial score (nSPS) is 13.6. The molecule has 0 N–H and O–H groups in total. The highest BCUT2D eigenvalue weighted by atomic mass is 79.9. The number of alkyl halides is 4. The van der Waals surface area contributed by atoms with E-state index in [4.69, 9.17) is 0 Å². The third kappa shape index (κ3) is 2.81. The number of hydrogen-bond acceptors (Lipinski definition) is 1. The smallest absolute Gasteiger partial charge is 0.293 e. The fourth-order valence-corrected chi connectivity index (χ4v) is 1.43. The first kappa shape index (κ1) is 13.2. The Morgan fingerprint density at radius 1 is 1.38 bits per heavy atom. The number of carbonyl (C=O) groups is 1. The highest BCUT2D eigenvalue weighted by Crippen LogP contribution is 2.33. The van der Waals surface area contributed by atoms with Gasteiger partial charge in [0.15, 0.2) is 5.78 Å². The molecule has 0 amide bonds. The summed E-state index contributed by atoms with van der Waals surface area (Å²) < 4.78 is 50.4. The number of ketones is 1. The molecule has 0 aliphatic heterocycles. The third-order valence-corrected chi connectivity index (χ3v) is 2.33. The van der Waals surface area contributed by atoms with Gasteiger partial charge in [-0.25, -0.2) is 4.39 Å². The minimum Gasteiger partial charge on any atom is -0.293 e. The molecule has 16 heavy (non-hydrogen) atoms. The highest BCUT2D eigenvalue weighted by molar-refractivity contribution is 9.10. The van der Waals surface area contributed by atoms with Gasteiger partial charge in [0.05, 0.1) is 10.4 Å². The van der Waals surface area contributed by atoms with E-state index in [-0.39, 0.29) is 0 Å². The van der Waals surface area contributed by atoms with Gasteiger partial charge in [0, 0.05) is 5.56 Å². The van der Waals surface area contributed by atoms with Crippen LogP contribution in [0.15, 0.2) is 18.2 Å². The van der Waals surface area contributed by atoms with Crippen molar-refractivity contribution < 1.29 is 22.4 Å². The van der Waals surface area contributed by atoms with Crippen LogP contribution in [0.25, 0.3) is 0 Å². The Bertz CT molecular complexity index is 412. The van der Waals surface area contributed by atoms with Crippen molar-refractivity contribution in [2.24, 2.45) is 0 Å². The summed E-state index contributed by atoms with van der Waals surface area (Å²) in [6.07, 6.45) is -4.67. The van der Waals surface area contributed by atoms with E-state index in [9.17, 15) is 22.4 Å². The topological polar surface area (TPSA) is 17.1 Å². The van der Waals surface area contributed by atoms with Gasteiger partial charge in [-0.2, -0.15) is 13.2 Å². The van der Waals surface area contributed by atoms with E-state index in [0.717, 1.165) is 0 Å². The number of halogens is 5. The molecule has 88 valence electrons. The van der Waals surface area contributed by atoms with E-state index < -0.39 is 33.7 Å². The van der Waals surface area contributed by atoms with Crippen molar-refractivity contribution in [3.63, 3.8) is 0 Å². The third-order valence-electron chi connectivity index (χ3n) is 1.91. The Morgan fingerprint density at radius 3 is 2.38 bits per heavy atom. The van der Waals surface area contributed by atoms with Crippen LogP contribution in [0.1, 0.15) is 22.8 Å². The van der Waals surface area contributed by atoms with Gasteiger partial charge in [0.25, 0.3) is 0 Å². The Hall–Kier alpha value is -0.910. The van der Waals surface area contributed by atoms with Gasteiger partial charge >= 0.3 is 6.18 Å². The summed E-state index contributed by atoms with van der Waals surface area (Å²) in [5.41, 5.74) is -1.78. The molecule has 0 spiro atoms. The van der Waals surface area contributed by atoms with E-state index >= 15 is 0 Å². The summed E-state index contributed by atoms with van der Waals surface area (Å²) in [6.45, 7) is 1.38. The van der Waals surface area contributed by atoms with Crippen molar-refractivity contribution in [3.8, 4) is 0 Å². The number of benzene rings is 1. The van der Waals surface area contributed by atoms with Crippen LogP contribution < -0.4 is 0 Å². The van der Waals surface area contributed by atoms with Crippen LogP contribution in [0.3, 0.4) is 0 Å². The second kappa shape index (κ2) is 4.53. The zero-order valence-corrected chi connectivity index (χ0v) is 9.69. The molecule has 0 heterocycles. The molecule has 0 aliphatic carbocycles. The predicted octanol–water partition coefficient (Wildman–Crippen LogP) is 3.81. The van der Waals surface area contributed by atoms with E-state index in [1.165, 1.54) is 6.92 Å².